The number of likely N-dealkylation sites (N-methyl/N-ethyl adjacent to an activating group) is 1. The number of hydrogen-bond donors (Lipinski definition) is 1. The summed E-state index contributed by atoms with van der Waals surface area (Å²) in [6, 6.07) is 15.5. The van der Waals surface area contributed by atoms with Crippen molar-refractivity contribution in [1.29, 1.82) is 0 Å². The molecule has 3 amide bonds. The first-order valence-corrected chi connectivity index (χ1v) is 11.3. The van der Waals surface area contributed by atoms with Gasteiger partial charge in [-0.15, -0.1) is 0 Å². The van der Waals surface area contributed by atoms with Crippen molar-refractivity contribution in [3.63, 3.8) is 0 Å². The van der Waals surface area contributed by atoms with Crippen LogP contribution in [-0.4, -0.2) is 57.9 Å². The molecule has 10 heteroatoms. The highest BCUT2D eigenvalue weighted by atomic mass is 35.5. The van der Waals surface area contributed by atoms with Gasteiger partial charge in [-0.3, -0.25) is 14.9 Å². The van der Waals surface area contributed by atoms with Crippen molar-refractivity contribution in [3.8, 4) is 0 Å². The molecule has 4 rings (SSSR count). The number of ether oxygens (including phenoxy) is 1. The molecule has 0 aliphatic carbocycles. The molecule has 2 unspecified atom stereocenters. The van der Waals surface area contributed by atoms with Crippen molar-refractivity contribution in [2.45, 2.75) is 25.4 Å². The Balaban J connectivity index is 1.48. The number of imide groups is 1. The van der Waals surface area contributed by atoms with Gasteiger partial charge in [0.15, 0.2) is 17.4 Å². The van der Waals surface area contributed by atoms with Crippen LogP contribution in [0.15, 0.2) is 59.6 Å². The molecule has 166 valence electrons. The maximum Gasteiger partial charge on any atom is 0.325 e. The van der Waals surface area contributed by atoms with Gasteiger partial charge in [0.25, 0.3) is 5.91 Å². The fraction of sp³-hybridized carbons (Fsp3) is 0.273. The van der Waals surface area contributed by atoms with Crippen molar-refractivity contribution < 1.29 is 19.1 Å². The van der Waals surface area contributed by atoms with Crippen LogP contribution < -0.4 is 5.32 Å². The fourth-order valence-electron chi connectivity index (χ4n) is 3.50. The molecule has 2 heterocycles. The summed E-state index contributed by atoms with van der Waals surface area (Å²) in [6.45, 7) is 0.488. The number of halogens is 1. The van der Waals surface area contributed by atoms with Crippen LogP contribution in [0.4, 0.5) is 4.79 Å². The van der Waals surface area contributed by atoms with Crippen LogP contribution >= 0.6 is 23.4 Å². The number of esters is 1. The van der Waals surface area contributed by atoms with Gasteiger partial charge in [0.2, 0.25) is 0 Å². The molecule has 32 heavy (non-hydrogen) atoms. The molecule has 0 saturated carbocycles. The van der Waals surface area contributed by atoms with Crippen molar-refractivity contribution in [2.75, 3.05) is 12.8 Å². The highest BCUT2D eigenvalue weighted by Gasteiger charge is 2.48. The van der Waals surface area contributed by atoms with E-state index in [2.05, 4.69) is 10.3 Å². The molecule has 2 aromatic carbocycles. The molecular weight excluding hydrogens is 452 g/mol. The molecule has 2 aliphatic heterocycles. The lowest BCUT2D eigenvalue weighted by atomic mass is 10.1. The molecule has 0 spiro atoms. The number of amides is 3. The molecule has 2 atom stereocenters. The summed E-state index contributed by atoms with van der Waals surface area (Å²) in [4.78, 5) is 44.8. The van der Waals surface area contributed by atoms with Gasteiger partial charge < -0.3 is 14.5 Å². The molecular formula is C22H21ClN4O4S. The second kappa shape index (κ2) is 9.62. The Labute approximate surface area is 194 Å². The number of carbonyl (C=O) groups is 3. The van der Waals surface area contributed by atoms with Crippen molar-refractivity contribution in [3.05, 3.63) is 70.7 Å². The number of rotatable bonds is 6. The van der Waals surface area contributed by atoms with E-state index in [0.29, 0.717) is 16.7 Å². The van der Waals surface area contributed by atoms with Crippen LogP contribution in [0, 0.1) is 0 Å². The third kappa shape index (κ3) is 4.73. The predicted octanol–water partition coefficient (Wildman–Crippen LogP) is 2.86. The van der Waals surface area contributed by atoms with E-state index in [-0.39, 0.29) is 12.4 Å². The third-order valence-electron chi connectivity index (χ3n) is 5.18. The van der Waals surface area contributed by atoms with E-state index in [4.69, 9.17) is 16.3 Å². The van der Waals surface area contributed by atoms with Crippen LogP contribution in [-0.2, 0) is 27.5 Å². The van der Waals surface area contributed by atoms with E-state index in [1.54, 1.807) is 18.0 Å². The summed E-state index contributed by atoms with van der Waals surface area (Å²) < 4.78 is 5.34. The summed E-state index contributed by atoms with van der Waals surface area (Å²) in [7, 11) is 1.58. The second-order valence-electron chi connectivity index (χ2n) is 7.33. The van der Waals surface area contributed by atoms with Crippen LogP contribution in [0.3, 0.4) is 0 Å². The zero-order valence-corrected chi connectivity index (χ0v) is 18.8. The number of carbonyl (C=O) groups excluding carboxylic acids is 3. The Kier molecular flexibility index (Phi) is 6.66. The highest BCUT2D eigenvalue weighted by Crippen LogP contribution is 2.31. The van der Waals surface area contributed by atoms with E-state index in [1.807, 2.05) is 48.5 Å². The Bertz CT molecular complexity index is 1060. The minimum absolute atomic E-state index is 0.0173. The Morgan fingerprint density at radius 3 is 2.62 bits per heavy atom. The topological polar surface area (TPSA) is 91.3 Å². The first-order valence-electron chi connectivity index (χ1n) is 9.92. The number of hydrogen-bond acceptors (Lipinski definition) is 7. The number of nitrogens with zero attached hydrogens (tertiary/aromatic N) is 3. The normalized spacial score (nSPS) is 20.0. The zero-order chi connectivity index (χ0) is 22.7. The minimum Gasteiger partial charge on any atom is -0.460 e. The van der Waals surface area contributed by atoms with E-state index < -0.39 is 30.1 Å². The zero-order valence-electron chi connectivity index (χ0n) is 17.2. The highest BCUT2D eigenvalue weighted by molar-refractivity contribution is 8.14. The quantitative estimate of drug-likeness (QED) is 0.650. The van der Waals surface area contributed by atoms with E-state index in [0.717, 1.165) is 11.1 Å². The van der Waals surface area contributed by atoms with E-state index in [1.165, 1.54) is 16.7 Å². The molecule has 1 fully saturated rings. The predicted molar refractivity (Wildman–Crippen MR) is 122 cm³/mol. The van der Waals surface area contributed by atoms with Crippen molar-refractivity contribution in [1.82, 2.24) is 15.1 Å². The third-order valence-corrected chi connectivity index (χ3v) is 6.53. The first kappa shape index (κ1) is 22.2. The summed E-state index contributed by atoms with van der Waals surface area (Å²) in [5.74, 6) is -0.817. The SMILES string of the molecule is CN1C(=O)NC(=O)C2C1N=C(SCC(=O)OCc1ccccc1)N2Cc1ccccc1Cl. The smallest absolute Gasteiger partial charge is 0.325 e. The van der Waals surface area contributed by atoms with Gasteiger partial charge in [-0.2, -0.15) is 0 Å². The average Bonchev–Trinajstić information content (AvgIpc) is 3.16. The second-order valence-corrected chi connectivity index (χ2v) is 8.68. The lowest BCUT2D eigenvalue weighted by Crippen LogP contribution is -2.63. The number of thioether (sulfide) groups is 1. The number of nitrogens with one attached hydrogen (secondary N) is 1. The Hall–Kier alpha value is -3.04. The summed E-state index contributed by atoms with van der Waals surface area (Å²) in [6.07, 6.45) is -0.679. The van der Waals surface area contributed by atoms with Crippen molar-refractivity contribution in [2.24, 2.45) is 4.99 Å². The largest absolute Gasteiger partial charge is 0.460 e. The summed E-state index contributed by atoms with van der Waals surface area (Å²) >= 11 is 7.50. The van der Waals surface area contributed by atoms with Crippen LogP contribution in [0.5, 0.6) is 0 Å². The lowest BCUT2D eigenvalue weighted by Gasteiger charge is -2.36. The van der Waals surface area contributed by atoms with Gasteiger partial charge in [0.05, 0.1) is 5.75 Å². The van der Waals surface area contributed by atoms with Gasteiger partial charge >= 0.3 is 12.0 Å². The van der Waals surface area contributed by atoms with Crippen molar-refractivity contribution >= 4 is 46.4 Å². The maximum absolute atomic E-state index is 12.7. The van der Waals surface area contributed by atoms with Gasteiger partial charge in [0, 0.05) is 18.6 Å². The molecule has 0 aromatic heterocycles. The Morgan fingerprint density at radius 2 is 1.88 bits per heavy atom. The maximum atomic E-state index is 12.7. The monoisotopic (exact) mass is 472 g/mol. The summed E-state index contributed by atoms with van der Waals surface area (Å²) in [5, 5.41) is 3.39. The lowest BCUT2D eigenvalue weighted by molar-refractivity contribution is -0.141. The molecule has 1 saturated heterocycles. The number of amidine groups is 1. The molecule has 2 aliphatic rings. The molecule has 2 aromatic rings. The number of fused-ring (bicyclic) bond motifs is 1. The average molecular weight is 473 g/mol. The van der Waals surface area contributed by atoms with Crippen LogP contribution in [0.1, 0.15) is 11.1 Å². The summed E-state index contributed by atoms with van der Waals surface area (Å²) in [5.41, 5.74) is 1.70. The van der Waals surface area contributed by atoms with E-state index >= 15 is 0 Å². The molecule has 0 radical (unpaired) electrons. The molecule has 0 bridgehead atoms. The molecule has 1 N–H and O–H groups in total. The molecule has 8 nitrogen and oxygen atoms in total. The first-order chi connectivity index (χ1) is 15.4. The van der Waals surface area contributed by atoms with Gasteiger partial charge in [-0.1, -0.05) is 71.9 Å². The van der Waals surface area contributed by atoms with Gasteiger partial charge in [0.1, 0.15) is 6.61 Å². The number of benzene rings is 2. The number of aliphatic imine (C=N–C) groups is 1. The fourth-order valence-corrected chi connectivity index (χ4v) is 4.55. The van der Waals surface area contributed by atoms with Crippen LogP contribution in [0.2, 0.25) is 5.02 Å². The van der Waals surface area contributed by atoms with E-state index in [9.17, 15) is 14.4 Å². The minimum atomic E-state index is -0.711. The van der Waals surface area contributed by atoms with Gasteiger partial charge in [-0.05, 0) is 17.2 Å². The Morgan fingerprint density at radius 1 is 1.16 bits per heavy atom. The standard InChI is InChI=1S/C22H21ClN4O4S/c1-26-19-18(20(29)25-21(26)30)27(11-15-9-5-6-10-16(15)23)22(24-19)32-13-17(28)31-12-14-7-3-2-4-8-14/h2-10,18-19H,11-13H2,1H3,(H,25,29,30). The van der Waals surface area contributed by atoms with Crippen LogP contribution in [0.25, 0.3) is 0 Å². The van der Waals surface area contributed by atoms with Gasteiger partial charge in [-0.25, -0.2) is 9.79 Å². The number of urea groups is 1.